The Morgan fingerprint density at radius 2 is 1.82 bits per heavy atom. The molecule has 0 heterocycles. The Bertz CT molecular complexity index is 358. The van der Waals surface area contributed by atoms with Gasteiger partial charge in [-0.25, -0.2) is 0 Å². The standard InChI is InChI=1S/C6H7NO3Se/c7-5-3-1-2-4-6(5)11(8,9)10/h1-4H,7H2,(H,8,9,10). The van der Waals surface area contributed by atoms with Crippen LogP contribution in [0.25, 0.3) is 0 Å². The topological polar surface area (TPSA) is 80.4 Å². The average molecular weight is 220 g/mol. The summed E-state index contributed by atoms with van der Waals surface area (Å²) in [5, 5.41) is 0. The summed E-state index contributed by atoms with van der Waals surface area (Å²) >= 11 is -4.87. The van der Waals surface area contributed by atoms with Crippen LogP contribution < -0.4 is 10.2 Å². The molecule has 5 heteroatoms. The van der Waals surface area contributed by atoms with Crippen molar-refractivity contribution in [1.29, 1.82) is 0 Å². The number of nitrogens with two attached hydrogens (primary N) is 1. The Kier molecular flexibility index (Phi) is 1.95. The molecular weight excluding hydrogens is 213 g/mol. The molecule has 0 fully saturated rings. The third-order valence-corrected chi connectivity index (χ3v) is 3.14. The van der Waals surface area contributed by atoms with Crippen LogP contribution in [-0.2, 0) is 7.67 Å². The summed E-state index contributed by atoms with van der Waals surface area (Å²) in [7, 11) is 0. The number of benzene rings is 1. The summed E-state index contributed by atoms with van der Waals surface area (Å²) in [4.78, 5) is 0. The Labute approximate surface area is 65.6 Å². The normalized spacial score (nSPS) is 11.4. The Hall–Kier alpha value is -0.901. The van der Waals surface area contributed by atoms with Crippen LogP contribution in [0.5, 0.6) is 0 Å². The maximum absolute atomic E-state index is 10.6. The maximum atomic E-state index is 10.6. The van der Waals surface area contributed by atoms with Gasteiger partial charge in [0.1, 0.15) is 0 Å². The van der Waals surface area contributed by atoms with Gasteiger partial charge in [0, 0.05) is 0 Å². The summed E-state index contributed by atoms with van der Waals surface area (Å²) < 4.78 is 29.7. The van der Waals surface area contributed by atoms with Gasteiger partial charge in [0.15, 0.2) is 0 Å². The van der Waals surface area contributed by atoms with Crippen molar-refractivity contribution < 1.29 is 11.9 Å². The number of hydrogen-bond acceptors (Lipinski definition) is 3. The van der Waals surface area contributed by atoms with Gasteiger partial charge in [0.25, 0.3) is 0 Å². The molecule has 0 aliphatic heterocycles. The molecule has 0 amide bonds. The van der Waals surface area contributed by atoms with E-state index in [1.54, 1.807) is 6.07 Å². The summed E-state index contributed by atoms with van der Waals surface area (Å²) in [5.41, 5.74) is 5.37. The molecule has 0 unspecified atom stereocenters. The summed E-state index contributed by atoms with van der Waals surface area (Å²) in [6.07, 6.45) is 0. The second-order valence-electron chi connectivity index (χ2n) is 2.01. The van der Waals surface area contributed by atoms with Crippen LogP contribution in [0.2, 0.25) is 0 Å². The first kappa shape index (κ1) is 8.20. The van der Waals surface area contributed by atoms with Crippen LogP contribution in [0.3, 0.4) is 0 Å². The quantitative estimate of drug-likeness (QED) is 0.483. The SMILES string of the molecule is Nc1ccccc1[Se](=O)(=O)O. The van der Waals surface area contributed by atoms with E-state index in [-0.39, 0.29) is 10.1 Å². The predicted molar refractivity (Wildman–Crippen MR) is 39.8 cm³/mol. The van der Waals surface area contributed by atoms with Gasteiger partial charge in [-0.05, 0) is 0 Å². The molecule has 0 saturated heterocycles. The molecule has 0 aromatic heterocycles. The van der Waals surface area contributed by atoms with Crippen molar-refractivity contribution in [3.63, 3.8) is 0 Å². The van der Waals surface area contributed by atoms with E-state index in [1.807, 2.05) is 0 Å². The van der Waals surface area contributed by atoms with Crippen molar-refractivity contribution in [2.75, 3.05) is 5.73 Å². The van der Waals surface area contributed by atoms with Crippen molar-refractivity contribution in [1.82, 2.24) is 0 Å². The minimum absolute atomic E-state index is 0.0833. The van der Waals surface area contributed by atoms with Crippen LogP contribution in [0.15, 0.2) is 24.3 Å². The molecule has 0 atom stereocenters. The van der Waals surface area contributed by atoms with E-state index in [4.69, 9.17) is 9.92 Å². The van der Waals surface area contributed by atoms with E-state index >= 15 is 0 Å². The zero-order valence-electron chi connectivity index (χ0n) is 5.56. The zero-order chi connectivity index (χ0) is 8.48. The van der Waals surface area contributed by atoms with Crippen molar-refractivity contribution >= 4 is 23.2 Å². The van der Waals surface area contributed by atoms with E-state index in [0.29, 0.717) is 0 Å². The first-order valence-electron chi connectivity index (χ1n) is 2.84. The van der Waals surface area contributed by atoms with Crippen LogP contribution in [0.4, 0.5) is 5.69 Å². The molecule has 1 rings (SSSR count). The first-order chi connectivity index (χ1) is 5.02. The molecule has 3 N–H and O–H groups in total. The van der Waals surface area contributed by atoms with Gasteiger partial charge in [-0.15, -0.1) is 0 Å². The minimum atomic E-state index is -4.87. The van der Waals surface area contributed by atoms with Gasteiger partial charge in [0.2, 0.25) is 0 Å². The van der Waals surface area contributed by atoms with Gasteiger partial charge in [0.05, 0.1) is 0 Å². The number of anilines is 1. The van der Waals surface area contributed by atoms with E-state index in [9.17, 15) is 7.67 Å². The molecule has 0 aliphatic rings. The second-order valence-corrected chi connectivity index (χ2v) is 4.93. The van der Waals surface area contributed by atoms with Gasteiger partial charge in [-0.1, -0.05) is 0 Å². The van der Waals surface area contributed by atoms with Gasteiger partial charge in [-0.3, -0.25) is 0 Å². The molecule has 4 nitrogen and oxygen atoms in total. The van der Waals surface area contributed by atoms with Crippen molar-refractivity contribution in [2.45, 2.75) is 0 Å². The van der Waals surface area contributed by atoms with Crippen molar-refractivity contribution in [3.8, 4) is 0 Å². The molecule has 0 saturated carbocycles. The summed E-state index contributed by atoms with van der Waals surface area (Å²) in [5.74, 6) is 0. The summed E-state index contributed by atoms with van der Waals surface area (Å²) in [6.45, 7) is 0. The Balaban J connectivity index is 3.37. The van der Waals surface area contributed by atoms with Crippen molar-refractivity contribution in [2.24, 2.45) is 0 Å². The Morgan fingerprint density at radius 3 is 2.18 bits per heavy atom. The zero-order valence-corrected chi connectivity index (χ0v) is 7.27. The molecule has 60 valence electrons. The second kappa shape index (κ2) is 2.62. The van der Waals surface area contributed by atoms with Crippen LogP contribution in [0.1, 0.15) is 0 Å². The predicted octanol–water partition coefficient (Wildman–Crippen LogP) is -0.732. The molecule has 1 aromatic carbocycles. The van der Waals surface area contributed by atoms with E-state index in [2.05, 4.69) is 0 Å². The van der Waals surface area contributed by atoms with E-state index < -0.39 is 13.0 Å². The van der Waals surface area contributed by atoms with Crippen LogP contribution in [0, 0.1) is 0 Å². The van der Waals surface area contributed by atoms with Gasteiger partial charge >= 0.3 is 65.0 Å². The van der Waals surface area contributed by atoms with E-state index in [1.165, 1.54) is 18.2 Å². The number of nitrogen functional groups attached to an aromatic ring is 1. The monoisotopic (exact) mass is 221 g/mol. The number of hydrogen-bond donors (Lipinski definition) is 2. The molecule has 0 radical (unpaired) electrons. The number of para-hydroxylation sites is 1. The fourth-order valence-corrected chi connectivity index (χ4v) is 2.01. The van der Waals surface area contributed by atoms with Crippen LogP contribution >= 0.6 is 0 Å². The summed E-state index contributed by atoms with van der Waals surface area (Å²) in [6, 6.07) is 5.80. The molecule has 11 heavy (non-hydrogen) atoms. The molecular formula is C6H7NO3Se. The third-order valence-electron chi connectivity index (χ3n) is 1.20. The fraction of sp³-hybridized carbons (Fsp3) is 0. The van der Waals surface area contributed by atoms with Gasteiger partial charge in [-0.2, -0.15) is 0 Å². The fourth-order valence-electron chi connectivity index (χ4n) is 0.715. The first-order valence-corrected chi connectivity index (χ1v) is 5.86. The molecule has 0 aliphatic carbocycles. The van der Waals surface area contributed by atoms with Gasteiger partial charge < -0.3 is 0 Å². The van der Waals surface area contributed by atoms with Crippen LogP contribution in [-0.4, -0.2) is 17.2 Å². The third kappa shape index (κ3) is 1.77. The van der Waals surface area contributed by atoms with Crippen molar-refractivity contribution in [3.05, 3.63) is 24.3 Å². The van der Waals surface area contributed by atoms with E-state index in [0.717, 1.165) is 0 Å². The average Bonchev–Trinajstić information content (AvgIpc) is 1.86. The molecule has 0 bridgehead atoms. The molecule has 0 spiro atoms. The Morgan fingerprint density at radius 1 is 1.27 bits per heavy atom. The number of rotatable bonds is 1. The molecule has 1 aromatic rings.